The van der Waals surface area contributed by atoms with E-state index in [1.165, 1.54) is 144 Å². The predicted molar refractivity (Wildman–Crippen MR) is 525 cm³/mol. The minimum atomic E-state index is -0.137. The molecule has 3 aromatic heterocycles. The van der Waals surface area contributed by atoms with Crippen LogP contribution < -0.4 is 0 Å². The Kier molecular flexibility index (Phi) is 17.6. The summed E-state index contributed by atoms with van der Waals surface area (Å²) in [5.74, 6) is 0. The van der Waals surface area contributed by atoms with Crippen LogP contribution in [0.4, 0.5) is 0 Å². The molecule has 0 amide bonds. The lowest BCUT2D eigenvalue weighted by Gasteiger charge is -2.23. The molecule has 0 N–H and O–H groups in total. The fourth-order valence-electron chi connectivity index (χ4n) is 20.7. The van der Waals surface area contributed by atoms with E-state index >= 15 is 0 Å². The van der Waals surface area contributed by atoms with E-state index < -0.39 is 0 Å². The summed E-state index contributed by atoms with van der Waals surface area (Å²) in [6, 6.07) is 139. The van der Waals surface area contributed by atoms with Crippen molar-refractivity contribution in [2.45, 2.75) is 77.0 Å². The summed E-state index contributed by atoms with van der Waals surface area (Å²) in [6.07, 6.45) is 0. The molecule has 3 heterocycles. The first-order valence-electron chi connectivity index (χ1n) is 43.9. The van der Waals surface area contributed by atoms with Gasteiger partial charge in [0.25, 0.3) is 0 Å². The van der Waals surface area contributed by atoms with Crippen molar-refractivity contribution in [2.24, 2.45) is 0 Å². The number of para-hydroxylation sites is 6. The van der Waals surface area contributed by atoms with Gasteiger partial charge in [0.15, 0.2) is 0 Å². The molecular formula is C120H88N6. The van der Waals surface area contributed by atoms with Gasteiger partial charge >= 0.3 is 0 Å². The lowest BCUT2D eigenvalue weighted by atomic mass is 9.80. The van der Waals surface area contributed by atoms with Gasteiger partial charge in [0.2, 0.25) is 0 Å². The van der Waals surface area contributed by atoms with E-state index in [0.29, 0.717) is 0 Å². The van der Waals surface area contributed by atoms with Crippen LogP contribution in [0, 0.1) is 0 Å². The average molecular weight is 1610 g/mol. The molecule has 0 saturated carbocycles. The Morgan fingerprint density at radius 2 is 0.325 bits per heavy atom. The third-order valence-electron chi connectivity index (χ3n) is 27.5. The highest BCUT2D eigenvalue weighted by molar-refractivity contribution is 6.00. The first-order valence-corrected chi connectivity index (χ1v) is 43.9. The number of benzene rings is 18. The van der Waals surface area contributed by atoms with Gasteiger partial charge in [-0.1, -0.05) is 347 Å². The van der Waals surface area contributed by atoms with Gasteiger partial charge in [0.05, 0.1) is 67.3 Å². The summed E-state index contributed by atoms with van der Waals surface area (Å²) in [6.45, 7) is 18.7. The van der Waals surface area contributed by atoms with Crippen LogP contribution >= 0.6 is 0 Å². The molecule has 18 aromatic carbocycles. The highest BCUT2D eigenvalue weighted by Crippen LogP contribution is 2.56. The van der Waals surface area contributed by atoms with Crippen LogP contribution in [0.25, 0.3) is 200 Å². The number of hydrogen-bond donors (Lipinski definition) is 0. The van der Waals surface area contributed by atoms with Gasteiger partial charge in [0, 0.05) is 55.0 Å². The zero-order valence-electron chi connectivity index (χ0n) is 71.6. The van der Waals surface area contributed by atoms with Crippen molar-refractivity contribution in [3.8, 4) is 134 Å². The topological polar surface area (TPSA) is 77.3 Å². The number of fused-ring (bicyclic) bond motifs is 18. The molecule has 0 unspecified atom stereocenters. The van der Waals surface area contributed by atoms with Crippen LogP contribution in [0.3, 0.4) is 0 Å². The maximum atomic E-state index is 5.33. The standard InChI is InChI=1S/C46H34N2.C39H28N2.C35H26N2/c1-45(2)37-25-31(17-19-33(37)35-21-27-11-5-7-13-29(27)23-39(35)45)43-44(48-42-16-10-9-15-41(42)47-43)32-18-20-34-36-22-28-12-6-8-14-30(28)24-40(36)46(3,4)38(34)26-32;1-39(2)33-24-30(20-21-31(33)32-22-28-12-6-7-13-29(28)23-34(32)39)38-37(40-35-14-8-9-15-36(35)41-38)27-18-16-26(17-19-27)25-10-4-3-5-11-25;1-35(2)29-13-7-6-12-27(29)28-21-20-26(22-30(28)35)34-33(36-31-14-8-9-15-32(31)37-34)25-18-16-24(17-19-25)23-10-4-3-5-11-23/h5-26H,1-4H3;3-24H,1-2H3;3-22H,1-2H3. The van der Waals surface area contributed by atoms with Crippen LogP contribution in [-0.4, -0.2) is 29.9 Å². The molecule has 6 nitrogen and oxygen atoms in total. The number of aromatic nitrogens is 6. The van der Waals surface area contributed by atoms with E-state index in [-0.39, 0.29) is 21.7 Å². The summed E-state index contributed by atoms with van der Waals surface area (Å²) in [7, 11) is 0. The number of rotatable bonds is 8. The molecule has 4 aliphatic rings. The van der Waals surface area contributed by atoms with Crippen LogP contribution in [0.15, 0.2) is 388 Å². The van der Waals surface area contributed by atoms with Gasteiger partial charge in [0.1, 0.15) is 0 Å². The predicted octanol–water partition coefficient (Wildman–Crippen LogP) is 30.9. The first kappa shape index (κ1) is 75.7. The highest BCUT2D eigenvalue weighted by atomic mass is 14.9. The second kappa shape index (κ2) is 29.2. The maximum Gasteiger partial charge on any atom is 0.0973 e. The average Bonchev–Trinajstić information content (AvgIpc) is 1.57. The summed E-state index contributed by atoms with van der Waals surface area (Å²) < 4.78 is 0. The van der Waals surface area contributed by atoms with Crippen molar-refractivity contribution in [1.82, 2.24) is 29.9 Å². The van der Waals surface area contributed by atoms with Crippen LogP contribution in [0.2, 0.25) is 0 Å². The molecule has 0 atom stereocenters. The van der Waals surface area contributed by atoms with Crippen LogP contribution in [0.1, 0.15) is 99.9 Å². The Bertz CT molecular complexity index is 7870. The smallest absolute Gasteiger partial charge is 0.0973 e. The molecule has 25 rings (SSSR count). The van der Waals surface area contributed by atoms with Crippen LogP contribution in [0.5, 0.6) is 0 Å². The third-order valence-corrected chi connectivity index (χ3v) is 27.5. The summed E-state index contributed by atoms with van der Waals surface area (Å²) in [5.41, 5.74) is 43.2. The van der Waals surface area contributed by atoms with Crippen molar-refractivity contribution in [1.29, 1.82) is 0 Å². The summed E-state index contributed by atoms with van der Waals surface area (Å²) in [5, 5.41) is 7.70. The van der Waals surface area contributed by atoms with E-state index in [4.69, 9.17) is 29.9 Å². The Balaban J connectivity index is 0.000000110. The Labute approximate surface area is 734 Å². The lowest BCUT2D eigenvalue weighted by molar-refractivity contribution is 0.660. The molecule has 0 fully saturated rings. The minimum absolute atomic E-state index is 0.0658. The van der Waals surface area contributed by atoms with Gasteiger partial charge in [-0.05, 0) is 241 Å². The Morgan fingerprint density at radius 1 is 0.135 bits per heavy atom. The monoisotopic (exact) mass is 1610 g/mol. The maximum absolute atomic E-state index is 5.33. The van der Waals surface area contributed by atoms with E-state index in [2.05, 4.69) is 371 Å². The highest BCUT2D eigenvalue weighted by Gasteiger charge is 2.41. The van der Waals surface area contributed by atoms with E-state index in [0.717, 1.165) is 101 Å². The number of nitrogens with zero attached hydrogens (tertiary/aromatic N) is 6. The van der Waals surface area contributed by atoms with Crippen molar-refractivity contribution >= 4 is 65.4 Å². The third kappa shape index (κ3) is 12.5. The van der Waals surface area contributed by atoms with Gasteiger partial charge < -0.3 is 0 Å². The molecule has 0 spiro atoms. The van der Waals surface area contributed by atoms with Crippen molar-refractivity contribution in [3.63, 3.8) is 0 Å². The fraction of sp³-hybridized carbons (Fsp3) is 0.100. The minimum Gasteiger partial charge on any atom is -0.244 e. The molecule has 4 aliphatic carbocycles. The van der Waals surface area contributed by atoms with Crippen molar-refractivity contribution < 1.29 is 0 Å². The van der Waals surface area contributed by atoms with E-state index in [1.807, 2.05) is 72.8 Å². The number of hydrogen-bond acceptors (Lipinski definition) is 6. The molecule has 126 heavy (non-hydrogen) atoms. The van der Waals surface area contributed by atoms with Crippen molar-refractivity contribution in [2.75, 3.05) is 0 Å². The molecule has 0 bridgehead atoms. The quantitative estimate of drug-likeness (QED) is 0.151. The van der Waals surface area contributed by atoms with Gasteiger partial charge in [-0.25, -0.2) is 29.9 Å². The molecule has 0 aliphatic heterocycles. The zero-order chi connectivity index (χ0) is 84.9. The second-order valence-electron chi connectivity index (χ2n) is 36.4. The van der Waals surface area contributed by atoms with Crippen LogP contribution in [-0.2, 0) is 21.7 Å². The van der Waals surface area contributed by atoms with E-state index in [1.54, 1.807) is 0 Å². The molecule has 6 heteroatoms. The van der Waals surface area contributed by atoms with Gasteiger partial charge in [-0.2, -0.15) is 0 Å². The molecular weight excluding hydrogens is 1530 g/mol. The lowest BCUT2D eigenvalue weighted by Crippen LogP contribution is -2.15. The summed E-state index contributed by atoms with van der Waals surface area (Å²) >= 11 is 0. The summed E-state index contributed by atoms with van der Waals surface area (Å²) in [4.78, 5) is 31.3. The zero-order valence-corrected chi connectivity index (χ0v) is 71.6. The van der Waals surface area contributed by atoms with Gasteiger partial charge in [-0.3, -0.25) is 0 Å². The van der Waals surface area contributed by atoms with E-state index in [9.17, 15) is 0 Å². The molecule has 598 valence electrons. The SMILES string of the molecule is CC1(C)c2cc(-c3nc4ccccc4nc3-c3ccc(-c4ccccc4)cc3)ccc2-c2cc3ccccc3cc21.CC1(C)c2cc(-c3nc4ccccc4nc3-c3ccc4c(c3)C(C)(C)c3cc5ccccc5cc3-4)ccc2-c2cc3ccccc3cc21.CC1(C)c2ccccc2-c2ccc(-c3nc4ccccc4nc3-c3ccc(-c4ccccc4)cc3)cc21. The first-order chi connectivity index (χ1) is 61.4. The Hall–Kier alpha value is -15.2. The normalized spacial score (nSPS) is 14.0. The fourth-order valence-corrected chi connectivity index (χ4v) is 20.7. The Morgan fingerprint density at radius 3 is 0.619 bits per heavy atom. The van der Waals surface area contributed by atoms with Crippen molar-refractivity contribution in [3.05, 3.63) is 433 Å². The molecule has 0 saturated heterocycles. The molecule has 0 radical (unpaired) electrons. The largest absolute Gasteiger partial charge is 0.244 e. The second-order valence-corrected chi connectivity index (χ2v) is 36.4. The van der Waals surface area contributed by atoms with Gasteiger partial charge in [-0.15, -0.1) is 0 Å². The molecule has 21 aromatic rings.